The largest absolute Gasteiger partial charge is 0.504 e. The van der Waals surface area contributed by atoms with E-state index < -0.39 is 78.8 Å². The number of aliphatic hydroxyl groups excluding tert-OH is 5. The minimum Gasteiger partial charge on any atom is -0.504 e. The molecule has 14 heteroatoms. The highest BCUT2D eigenvalue weighted by Gasteiger charge is 2.53. The van der Waals surface area contributed by atoms with Crippen molar-refractivity contribution in [2.75, 3.05) is 6.79 Å². The molecular weight excluding hydrogens is 486 g/mol. The lowest BCUT2D eigenvalue weighted by Crippen LogP contribution is -2.67. The standard InChI is InChI=1S/C22H27NO13/c1-7(20(30)23-11-12(25)14(27)18-17(13(11)26)33-6-34-18)4-8-2-3-10(9(24)5-8)35-22-16(29)15(28)19(36-22)21(31)32/h2-5,11-19,22,24-29H,6H2,1H3,(H,23,30)(H,31,32)/b7-4+/t11?,12?,13?,14?,15-,16-,17?,18?,19-,22+/m0/s1. The van der Waals surface area contributed by atoms with Crippen LogP contribution in [0, 0.1) is 0 Å². The van der Waals surface area contributed by atoms with Crippen LogP contribution in [0.2, 0.25) is 0 Å². The van der Waals surface area contributed by atoms with Gasteiger partial charge < -0.3 is 60.0 Å². The van der Waals surface area contributed by atoms with E-state index in [1.165, 1.54) is 31.2 Å². The fourth-order valence-electron chi connectivity index (χ4n) is 4.33. The summed E-state index contributed by atoms with van der Waals surface area (Å²) in [6, 6.07) is 2.72. The number of hydrogen-bond acceptors (Lipinski definition) is 12. The molecule has 10 atom stereocenters. The van der Waals surface area contributed by atoms with Gasteiger partial charge in [-0.25, -0.2) is 4.79 Å². The first-order chi connectivity index (χ1) is 17.0. The summed E-state index contributed by atoms with van der Waals surface area (Å²) in [4.78, 5) is 23.7. The lowest BCUT2D eigenvalue weighted by molar-refractivity contribution is -0.161. The van der Waals surface area contributed by atoms with Crippen LogP contribution < -0.4 is 10.1 Å². The fraction of sp³-hybridized carbons (Fsp3) is 0.545. The van der Waals surface area contributed by atoms with E-state index in [9.17, 15) is 40.2 Å². The van der Waals surface area contributed by atoms with E-state index in [-0.39, 0.29) is 18.1 Å². The Morgan fingerprint density at radius 2 is 1.67 bits per heavy atom. The molecule has 1 amide bonds. The van der Waals surface area contributed by atoms with E-state index in [0.29, 0.717) is 5.56 Å². The highest BCUT2D eigenvalue weighted by Crippen LogP contribution is 2.33. The summed E-state index contributed by atoms with van der Waals surface area (Å²) >= 11 is 0. The van der Waals surface area contributed by atoms with Gasteiger partial charge in [-0.15, -0.1) is 0 Å². The minimum absolute atomic E-state index is 0.129. The van der Waals surface area contributed by atoms with Crippen LogP contribution in [0.4, 0.5) is 0 Å². The number of fused-ring (bicyclic) bond motifs is 1. The molecule has 14 nitrogen and oxygen atoms in total. The number of aromatic hydroxyl groups is 1. The van der Waals surface area contributed by atoms with Gasteiger partial charge in [0.2, 0.25) is 12.2 Å². The Morgan fingerprint density at radius 3 is 2.28 bits per heavy atom. The van der Waals surface area contributed by atoms with Gasteiger partial charge in [0.15, 0.2) is 17.6 Å². The second-order valence-electron chi connectivity index (χ2n) is 8.77. The third kappa shape index (κ3) is 4.89. The molecular formula is C22H27NO13. The number of amides is 1. The van der Waals surface area contributed by atoms with Gasteiger partial charge in [-0.1, -0.05) is 6.07 Å². The van der Waals surface area contributed by atoms with Gasteiger partial charge in [-0.05, 0) is 30.7 Å². The summed E-state index contributed by atoms with van der Waals surface area (Å²) in [5.41, 5.74) is 0.478. The van der Waals surface area contributed by atoms with E-state index in [2.05, 4.69) is 5.32 Å². The maximum Gasteiger partial charge on any atom is 0.335 e. The summed E-state index contributed by atoms with van der Waals surface area (Å²) in [6.45, 7) is 1.29. The Kier molecular flexibility index (Phi) is 7.49. The molecule has 4 rings (SSSR count). The Hall–Kier alpha value is -2.82. The molecule has 0 spiro atoms. The van der Waals surface area contributed by atoms with Crippen molar-refractivity contribution in [2.24, 2.45) is 0 Å². The van der Waals surface area contributed by atoms with Gasteiger partial charge in [0.05, 0.1) is 6.04 Å². The number of phenols is 1. The Bertz CT molecular complexity index is 1030. The molecule has 1 aromatic rings. The number of carboxylic acid groups (broad SMARTS) is 1. The fourth-order valence-corrected chi connectivity index (χ4v) is 4.33. The highest BCUT2D eigenvalue weighted by molar-refractivity contribution is 5.97. The van der Waals surface area contributed by atoms with E-state index in [1.54, 1.807) is 0 Å². The van der Waals surface area contributed by atoms with E-state index in [4.69, 9.17) is 24.1 Å². The maximum atomic E-state index is 12.7. The molecule has 36 heavy (non-hydrogen) atoms. The summed E-state index contributed by atoms with van der Waals surface area (Å²) in [5.74, 6) is -2.75. The summed E-state index contributed by atoms with van der Waals surface area (Å²) < 4.78 is 20.7. The quantitative estimate of drug-likeness (QED) is 0.178. The van der Waals surface area contributed by atoms with E-state index in [0.717, 1.165) is 0 Å². The second-order valence-corrected chi connectivity index (χ2v) is 8.77. The molecule has 0 bridgehead atoms. The van der Waals surface area contributed by atoms with Crippen molar-refractivity contribution in [3.63, 3.8) is 0 Å². The number of rotatable bonds is 6. The molecule has 0 aromatic heterocycles. The van der Waals surface area contributed by atoms with Gasteiger partial charge in [0, 0.05) is 5.57 Å². The highest BCUT2D eigenvalue weighted by atomic mass is 16.7. The Balaban J connectivity index is 1.41. The van der Waals surface area contributed by atoms with Crippen molar-refractivity contribution in [2.45, 2.75) is 68.1 Å². The van der Waals surface area contributed by atoms with Crippen molar-refractivity contribution in [3.8, 4) is 11.5 Å². The first kappa shape index (κ1) is 26.2. The Labute approximate surface area is 203 Å². The van der Waals surface area contributed by atoms with Crippen LogP contribution in [0.15, 0.2) is 23.8 Å². The molecule has 1 aromatic carbocycles. The average Bonchev–Trinajstić information content (AvgIpc) is 3.43. The van der Waals surface area contributed by atoms with Crippen molar-refractivity contribution in [3.05, 3.63) is 29.3 Å². The zero-order valence-electron chi connectivity index (χ0n) is 18.9. The number of carboxylic acids is 1. The van der Waals surface area contributed by atoms with Crippen LogP contribution >= 0.6 is 0 Å². The third-order valence-electron chi connectivity index (χ3n) is 6.33. The van der Waals surface area contributed by atoms with Crippen LogP contribution in [-0.2, 0) is 23.8 Å². The monoisotopic (exact) mass is 513 g/mol. The van der Waals surface area contributed by atoms with Gasteiger partial charge in [0.25, 0.3) is 0 Å². The van der Waals surface area contributed by atoms with E-state index >= 15 is 0 Å². The van der Waals surface area contributed by atoms with Crippen molar-refractivity contribution in [1.82, 2.24) is 5.32 Å². The van der Waals surface area contributed by atoms with Crippen LogP contribution in [-0.4, -0.2) is 116 Å². The molecule has 2 heterocycles. The van der Waals surface area contributed by atoms with Crippen molar-refractivity contribution in [1.29, 1.82) is 0 Å². The maximum absolute atomic E-state index is 12.7. The number of phenolic OH excluding ortho intramolecular Hbond substituents is 1. The van der Waals surface area contributed by atoms with Gasteiger partial charge in [0.1, 0.15) is 49.5 Å². The molecule has 0 radical (unpaired) electrons. The molecule has 2 aliphatic heterocycles. The zero-order valence-corrected chi connectivity index (χ0v) is 18.9. The topological polar surface area (TPSA) is 225 Å². The molecule has 1 saturated carbocycles. The van der Waals surface area contributed by atoms with Gasteiger partial charge in [-0.2, -0.15) is 0 Å². The van der Waals surface area contributed by atoms with Gasteiger partial charge in [-0.3, -0.25) is 4.79 Å². The zero-order chi connectivity index (χ0) is 26.3. The molecule has 6 unspecified atom stereocenters. The number of aliphatic carboxylic acids is 1. The first-order valence-corrected chi connectivity index (χ1v) is 11.0. The van der Waals surface area contributed by atoms with Crippen LogP contribution in [0.25, 0.3) is 6.08 Å². The van der Waals surface area contributed by atoms with Crippen LogP contribution in [0.5, 0.6) is 11.5 Å². The first-order valence-electron chi connectivity index (χ1n) is 11.0. The number of benzene rings is 1. The van der Waals surface area contributed by atoms with E-state index in [1.807, 2.05) is 0 Å². The molecule has 198 valence electrons. The molecule has 2 saturated heterocycles. The van der Waals surface area contributed by atoms with Crippen molar-refractivity contribution < 1.29 is 64.3 Å². The molecule has 8 N–H and O–H groups in total. The predicted molar refractivity (Wildman–Crippen MR) is 115 cm³/mol. The third-order valence-corrected chi connectivity index (χ3v) is 6.33. The lowest BCUT2D eigenvalue weighted by Gasteiger charge is -2.41. The molecule has 3 aliphatic rings. The SMILES string of the molecule is C/C(=C\c1ccc(O[C@@H]2O[C@H](C(=O)O)[C@@H](O)[C@@H]2O)c(O)c1)C(=O)NC1C(O)C(O)C2OCOC2C1O. The molecule has 3 fully saturated rings. The normalized spacial score (nSPS) is 38.4. The van der Waals surface area contributed by atoms with Gasteiger partial charge >= 0.3 is 5.97 Å². The van der Waals surface area contributed by atoms with Crippen LogP contribution in [0.3, 0.4) is 0 Å². The summed E-state index contributed by atoms with van der Waals surface area (Å²) in [6.07, 6.45) is -11.3. The van der Waals surface area contributed by atoms with Crippen LogP contribution in [0.1, 0.15) is 12.5 Å². The number of hydrogen-bond donors (Lipinski definition) is 8. The number of aliphatic hydroxyl groups is 5. The average molecular weight is 513 g/mol. The molecule has 1 aliphatic carbocycles. The second kappa shape index (κ2) is 10.3. The van der Waals surface area contributed by atoms with Crippen molar-refractivity contribution >= 4 is 18.0 Å². The lowest BCUT2D eigenvalue weighted by atomic mass is 9.83. The Morgan fingerprint density at radius 1 is 1.00 bits per heavy atom. The number of carbonyl (C=O) groups is 2. The number of carbonyl (C=O) groups excluding carboxylic acids is 1. The predicted octanol–water partition coefficient (Wildman–Crippen LogP) is -2.97. The summed E-state index contributed by atoms with van der Waals surface area (Å²) in [7, 11) is 0. The number of ether oxygens (including phenoxy) is 4. The number of nitrogens with one attached hydrogen (secondary N) is 1. The minimum atomic E-state index is -1.72. The smallest absolute Gasteiger partial charge is 0.335 e. The summed E-state index contributed by atoms with van der Waals surface area (Å²) in [5, 5.41) is 72.5.